The molecule has 0 aromatic heterocycles. The highest BCUT2D eigenvalue weighted by molar-refractivity contribution is 6.02. The predicted molar refractivity (Wildman–Crippen MR) is 87.0 cm³/mol. The molecule has 0 saturated carbocycles. The van der Waals surface area contributed by atoms with E-state index in [9.17, 15) is 9.59 Å². The molecule has 1 N–H and O–H groups in total. The molecule has 122 valence electrons. The van der Waals surface area contributed by atoms with E-state index in [1.165, 1.54) is 12.2 Å². The third-order valence-corrected chi connectivity index (χ3v) is 3.62. The van der Waals surface area contributed by atoms with Gasteiger partial charge in [0.2, 0.25) is 0 Å². The van der Waals surface area contributed by atoms with Gasteiger partial charge in [0.1, 0.15) is 5.75 Å². The van der Waals surface area contributed by atoms with Gasteiger partial charge < -0.3 is 14.8 Å². The molecule has 1 amide bonds. The SMILES string of the molecule is CCOC1(NC(=O)COc2ccccc2)C(C)=CC(=O)C=C1C. The Morgan fingerprint density at radius 2 is 1.74 bits per heavy atom. The number of amides is 1. The molecule has 5 nitrogen and oxygen atoms in total. The fourth-order valence-electron chi connectivity index (χ4n) is 2.56. The average molecular weight is 315 g/mol. The van der Waals surface area contributed by atoms with E-state index >= 15 is 0 Å². The van der Waals surface area contributed by atoms with Crippen molar-refractivity contribution in [2.75, 3.05) is 13.2 Å². The van der Waals surface area contributed by atoms with Crippen molar-refractivity contribution >= 4 is 11.7 Å². The van der Waals surface area contributed by atoms with E-state index in [-0.39, 0.29) is 18.3 Å². The summed E-state index contributed by atoms with van der Waals surface area (Å²) in [4.78, 5) is 23.9. The summed E-state index contributed by atoms with van der Waals surface area (Å²) in [6, 6.07) is 9.10. The van der Waals surface area contributed by atoms with Crippen molar-refractivity contribution in [3.63, 3.8) is 0 Å². The third kappa shape index (κ3) is 3.87. The molecule has 0 spiro atoms. The van der Waals surface area contributed by atoms with Gasteiger partial charge in [-0.1, -0.05) is 18.2 Å². The maximum absolute atomic E-state index is 12.3. The molecule has 1 aromatic rings. The van der Waals surface area contributed by atoms with Crippen LogP contribution in [-0.4, -0.2) is 30.6 Å². The third-order valence-electron chi connectivity index (χ3n) is 3.62. The largest absolute Gasteiger partial charge is 0.484 e. The van der Waals surface area contributed by atoms with E-state index in [4.69, 9.17) is 9.47 Å². The number of hydrogen-bond acceptors (Lipinski definition) is 4. The van der Waals surface area contributed by atoms with E-state index in [1.54, 1.807) is 26.0 Å². The highest BCUT2D eigenvalue weighted by Gasteiger charge is 2.39. The summed E-state index contributed by atoms with van der Waals surface area (Å²) in [6.07, 6.45) is 2.95. The zero-order valence-corrected chi connectivity index (χ0v) is 13.6. The Balaban J connectivity index is 2.10. The van der Waals surface area contributed by atoms with E-state index in [0.717, 1.165) is 0 Å². The molecule has 1 aromatic carbocycles. The molecule has 0 heterocycles. The van der Waals surface area contributed by atoms with Crippen molar-refractivity contribution in [2.24, 2.45) is 0 Å². The lowest BCUT2D eigenvalue weighted by Crippen LogP contribution is -2.55. The number of nitrogens with one attached hydrogen (secondary N) is 1. The minimum atomic E-state index is -1.08. The van der Waals surface area contributed by atoms with E-state index < -0.39 is 5.72 Å². The summed E-state index contributed by atoms with van der Waals surface area (Å²) in [5.74, 6) is 0.189. The lowest BCUT2D eigenvalue weighted by atomic mass is 9.89. The Morgan fingerprint density at radius 1 is 1.13 bits per heavy atom. The van der Waals surface area contributed by atoms with Crippen molar-refractivity contribution in [1.29, 1.82) is 0 Å². The lowest BCUT2D eigenvalue weighted by molar-refractivity contribution is -0.130. The van der Waals surface area contributed by atoms with E-state index in [0.29, 0.717) is 23.5 Å². The van der Waals surface area contributed by atoms with Crippen LogP contribution in [-0.2, 0) is 14.3 Å². The van der Waals surface area contributed by atoms with Gasteiger partial charge in [-0.15, -0.1) is 0 Å². The van der Waals surface area contributed by atoms with E-state index in [2.05, 4.69) is 5.32 Å². The summed E-state index contributed by atoms with van der Waals surface area (Å²) in [7, 11) is 0. The van der Waals surface area contributed by atoms with Gasteiger partial charge in [-0.2, -0.15) is 0 Å². The number of carbonyl (C=O) groups is 2. The van der Waals surface area contributed by atoms with Crippen LogP contribution < -0.4 is 10.1 Å². The minimum Gasteiger partial charge on any atom is -0.484 e. The monoisotopic (exact) mass is 315 g/mol. The number of ketones is 1. The van der Waals surface area contributed by atoms with Gasteiger partial charge in [0, 0.05) is 6.61 Å². The van der Waals surface area contributed by atoms with Gasteiger partial charge in [-0.25, -0.2) is 0 Å². The first-order valence-electron chi connectivity index (χ1n) is 7.52. The standard InChI is InChI=1S/C18H21NO4/c1-4-23-18(13(2)10-15(20)11-14(18)3)19-17(21)12-22-16-8-6-5-7-9-16/h5-11H,4,12H2,1-3H3,(H,19,21). The Labute approximate surface area is 136 Å². The van der Waals surface area contributed by atoms with Crippen LogP contribution >= 0.6 is 0 Å². The molecule has 0 atom stereocenters. The van der Waals surface area contributed by atoms with Crippen LogP contribution in [0.3, 0.4) is 0 Å². The van der Waals surface area contributed by atoms with Crippen LogP contribution in [0.2, 0.25) is 0 Å². The summed E-state index contributed by atoms with van der Waals surface area (Å²) in [5.41, 5.74) is 0.217. The fraction of sp³-hybridized carbons (Fsp3) is 0.333. The molecule has 1 aliphatic rings. The molecule has 2 rings (SSSR count). The van der Waals surface area contributed by atoms with Gasteiger partial charge in [0.15, 0.2) is 18.1 Å². The van der Waals surface area contributed by atoms with Gasteiger partial charge >= 0.3 is 0 Å². The number of para-hydroxylation sites is 1. The van der Waals surface area contributed by atoms with Crippen molar-refractivity contribution in [1.82, 2.24) is 5.32 Å². The first kappa shape index (κ1) is 17.0. The number of hydrogen-bond donors (Lipinski definition) is 1. The molecule has 0 radical (unpaired) electrons. The number of carbonyl (C=O) groups excluding carboxylic acids is 2. The highest BCUT2D eigenvalue weighted by Crippen LogP contribution is 2.30. The predicted octanol–water partition coefficient (Wildman–Crippen LogP) is 2.39. The zero-order valence-electron chi connectivity index (χ0n) is 13.6. The smallest absolute Gasteiger partial charge is 0.260 e. The molecule has 0 saturated heterocycles. The number of ether oxygens (including phenoxy) is 2. The first-order valence-corrected chi connectivity index (χ1v) is 7.52. The Bertz CT molecular complexity index is 624. The molecule has 0 fully saturated rings. The zero-order chi connectivity index (χ0) is 16.9. The van der Waals surface area contributed by atoms with Crippen molar-refractivity contribution in [2.45, 2.75) is 26.5 Å². The van der Waals surface area contributed by atoms with Gasteiger partial charge in [-0.05, 0) is 56.2 Å². The molecule has 1 aliphatic carbocycles. The minimum absolute atomic E-state index is 0.106. The number of benzene rings is 1. The van der Waals surface area contributed by atoms with Crippen molar-refractivity contribution < 1.29 is 19.1 Å². The normalized spacial score (nSPS) is 16.4. The Morgan fingerprint density at radius 3 is 2.30 bits per heavy atom. The second-order valence-electron chi connectivity index (χ2n) is 5.32. The van der Waals surface area contributed by atoms with Gasteiger partial charge in [0.05, 0.1) is 0 Å². The first-order chi connectivity index (χ1) is 11.0. The summed E-state index contributed by atoms with van der Waals surface area (Å²) < 4.78 is 11.2. The maximum Gasteiger partial charge on any atom is 0.260 e. The van der Waals surface area contributed by atoms with Crippen molar-refractivity contribution in [3.05, 3.63) is 53.6 Å². The quantitative estimate of drug-likeness (QED) is 0.819. The molecule has 23 heavy (non-hydrogen) atoms. The molecule has 5 heteroatoms. The highest BCUT2D eigenvalue weighted by atomic mass is 16.5. The van der Waals surface area contributed by atoms with Gasteiger partial charge in [-0.3, -0.25) is 9.59 Å². The van der Waals surface area contributed by atoms with Crippen LogP contribution in [0.5, 0.6) is 5.75 Å². The van der Waals surface area contributed by atoms with Crippen LogP contribution in [0.1, 0.15) is 20.8 Å². The summed E-state index contributed by atoms with van der Waals surface area (Å²) in [5, 5.41) is 2.85. The fourth-order valence-corrected chi connectivity index (χ4v) is 2.56. The lowest BCUT2D eigenvalue weighted by Gasteiger charge is -2.38. The number of rotatable bonds is 6. The Kier molecular flexibility index (Phi) is 5.34. The van der Waals surface area contributed by atoms with Crippen LogP contribution in [0.15, 0.2) is 53.6 Å². The maximum atomic E-state index is 12.3. The molecule has 0 bridgehead atoms. The van der Waals surface area contributed by atoms with Crippen LogP contribution in [0.25, 0.3) is 0 Å². The second-order valence-corrected chi connectivity index (χ2v) is 5.32. The Hall–Kier alpha value is -2.40. The van der Waals surface area contributed by atoms with Gasteiger partial charge in [0.25, 0.3) is 5.91 Å². The molecule has 0 unspecified atom stereocenters. The summed E-state index contributed by atoms with van der Waals surface area (Å²) in [6.45, 7) is 5.63. The molecule has 0 aliphatic heterocycles. The van der Waals surface area contributed by atoms with Crippen LogP contribution in [0, 0.1) is 0 Å². The summed E-state index contributed by atoms with van der Waals surface area (Å²) >= 11 is 0. The number of allylic oxidation sites excluding steroid dienone is 2. The molecular formula is C18H21NO4. The average Bonchev–Trinajstić information content (AvgIpc) is 2.52. The van der Waals surface area contributed by atoms with Crippen LogP contribution in [0.4, 0.5) is 0 Å². The van der Waals surface area contributed by atoms with E-state index in [1.807, 2.05) is 25.1 Å². The topological polar surface area (TPSA) is 64.6 Å². The second kappa shape index (κ2) is 7.24. The van der Waals surface area contributed by atoms with Crippen molar-refractivity contribution in [3.8, 4) is 5.75 Å². The molecular weight excluding hydrogens is 294 g/mol.